The third-order valence-electron chi connectivity index (χ3n) is 4.28. The van der Waals surface area contributed by atoms with E-state index in [0.29, 0.717) is 12.0 Å². The maximum absolute atomic E-state index is 12.5. The first-order chi connectivity index (χ1) is 10.9. The van der Waals surface area contributed by atoms with Gasteiger partial charge in [-0.05, 0) is 37.8 Å². The van der Waals surface area contributed by atoms with E-state index in [9.17, 15) is 13.2 Å². The van der Waals surface area contributed by atoms with E-state index in [1.807, 2.05) is 31.4 Å². The van der Waals surface area contributed by atoms with Crippen molar-refractivity contribution in [3.8, 4) is 0 Å². The minimum atomic E-state index is -2.99. The molecule has 1 N–H and O–H groups in total. The highest BCUT2D eigenvalue weighted by Crippen LogP contribution is 2.20. The van der Waals surface area contributed by atoms with E-state index in [2.05, 4.69) is 16.0 Å². The van der Waals surface area contributed by atoms with Crippen molar-refractivity contribution < 1.29 is 13.2 Å². The zero-order chi connectivity index (χ0) is 16.6. The molecule has 0 spiro atoms. The summed E-state index contributed by atoms with van der Waals surface area (Å²) in [7, 11) is -2.99. The fourth-order valence-corrected chi connectivity index (χ4v) is 5.37. The van der Waals surface area contributed by atoms with Gasteiger partial charge in [-0.1, -0.05) is 6.07 Å². The molecule has 1 amide bonds. The molecule has 0 saturated carbocycles. The SMILES string of the molecule is Cc1cc(C(=O)NC2CCS(=O)(=O)C2)c(C)n1Cc1cccs1. The number of nitrogens with one attached hydrogen (secondary N) is 1. The second kappa shape index (κ2) is 6.13. The Morgan fingerprint density at radius 1 is 1.43 bits per heavy atom. The summed E-state index contributed by atoms with van der Waals surface area (Å²) in [5, 5.41) is 4.90. The van der Waals surface area contributed by atoms with Crippen LogP contribution in [0.3, 0.4) is 0 Å². The molecule has 1 unspecified atom stereocenters. The minimum absolute atomic E-state index is 0.0483. The lowest BCUT2D eigenvalue weighted by atomic mass is 10.2. The first-order valence-corrected chi connectivity index (χ1v) is 10.3. The average molecular weight is 352 g/mol. The molecular weight excluding hydrogens is 332 g/mol. The summed E-state index contributed by atoms with van der Waals surface area (Å²) in [6.45, 7) is 4.67. The predicted molar refractivity (Wildman–Crippen MR) is 91.9 cm³/mol. The third kappa shape index (κ3) is 3.50. The first kappa shape index (κ1) is 16.3. The van der Waals surface area contributed by atoms with Gasteiger partial charge in [-0.2, -0.15) is 0 Å². The maximum atomic E-state index is 12.5. The Morgan fingerprint density at radius 3 is 2.83 bits per heavy atom. The van der Waals surface area contributed by atoms with Crippen molar-refractivity contribution in [1.82, 2.24) is 9.88 Å². The zero-order valence-corrected chi connectivity index (χ0v) is 14.8. The smallest absolute Gasteiger partial charge is 0.253 e. The van der Waals surface area contributed by atoms with Crippen molar-refractivity contribution in [2.24, 2.45) is 0 Å². The Bertz CT molecular complexity index is 820. The van der Waals surface area contributed by atoms with Gasteiger partial charge in [0.1, 0.15) is 0 Å². The Morgan fingerprint density at radius 2 is 2.22 bits per heavy atom. The fraction of sp³-hybridized carbons (Fsp3) is 0.438. The zero-order valence-electron chi connectivity index (χ0n) is 13.2. The quantitative estimate of drug-likeness (QED) is 0.916. The number of sulfone groups is 1. The lowest BCUT2D eigenvalue weighted by molar-refractivity contribution is 0.0940. The number of rotatable bonds is 4. The lowest BCUT2D eigenvalue weighted by Gasteiger charge is -2.11. The third-order valence-corrected chi connectivity index (χ3v) is 6.91. The highest BCUT2D eigenvalue weighted by atomic mass is 32.2. The molecule has 7 heteroatoms. The topological polar surface area (TPSA) is 68.2 Å². The molecule has 0 radical (unpaired) electrons. The van der Waals surface area contributed by atoms with Crippen LogP contribution in [0.25, 0.3) is 0 Å². The van der Waals surface area contributed by atoms with Gasteiger partial charge in [0.05, 0.1) is 23.6 Å². The van der Waals surface area contributed by atoms with Crippen molar-refractivity contribution in [3.05, 3.63) is 45.4 Å². The molecule has 1 saturated heterocycles. The fourth-order valence-electron chi connectivity index (χ4n) is 3.00. The number of aromatic nitrogens is 1. The van der Waals surface area contributed by atoms with Gasteiger partial charge in [0.15, 0.2) is 9.84 Å². The number of aryl methyl sites for hydroxylation is 1. The number of hydrogen-bond acceptors (Lipinski definition) is 4. The molecule has 3 rings (SSSR count). The van der Waals surface area contributed by atoms with E-state index < -0.39 is 9.84 Å². The van der Waals surface area contributed by atoms with E-state index in [1.165, 1.54) is 4.88 Å². The average Bonchev–Trinajstić information content (AvgIpc) is 3.16. The van der Waals surface area contributed by atoms with Crippen molar-refractivity contribution >= 4 is 27.1 Å². The van der Waals surface area contributed by atoms with Crippen molar-refractivity contribution in [2.75, 3.05) is 11.5 Å². The molecule has 3 heterocycles. The van der Waals surface area contributed by atoms with E-state index in [0.717, 1.165) is 17.9 Å². The van der Waals surface area contributed by atoms with Gasteiger partial charge in [-0.15, -0.1) is 11.3 Å². The van der Waals surface area contributed by atoms with Crippen molar-refractivity contribution in [3.63, 3.8) is 0 Å². The van der Waals surface area contributed by atoms with E-state index in [4.69, 9.17) is 0 Å². The summed E-state index contributed by atoms with van der Waals surface area (Å²) in [6.07, 6.45) is 0.502. The van der Waals surface area contributed by atoms with Gasteiger partial charge in [-0.25, -0.2) is 8.42 Å². The summed E-state index contributed by atoms with van der Waals surface area (Å²) in [4.78, 5) is 13.7. The number of nitrogens with zero attached hydrogens (tertiary/aromatic N) is 1. The maximum Gasteiger partial charge on any atom is 0.253 e. The first-order valence-electron chi connectivity index (χ1n) is 7.56. The highest BCUT2D eigenvalue weighted by Gasteiger charge is 2.29. The Kier molecular flexibility index (Phi) is 4.33. The molecule has 1 atom stereocenters. The number of hydrogen-bond donors (Lipinski definition) is 1. The van der Waals surface area contributed by atoms with Crippen LogP contribution >= 0.6 is 11.3 Å². The van der Waals surface area contributed by atoms with Gasteiger partial charge in [-0.3, -0.25) is 4.79 Å². The van der Waals surface area contributed by atoms with Gasteiger partial charge in [0, 0.05) is 22.3 Å². The van der Waals surface area contributed by atoms with Gasteiger partial charge >= 0.3 is 0 Å². The molecule has 2 aromatic heterocycles. The number of carbonyl (C=O) groups is 1. The van der Waals surface area contributed by atoms with Crippen LogP contribution in [0.2, 0.25) is 0 Å². The van der Waals surface area contributed by atoms with Crippen LogP contribution in [0, 0.1) is 13.8 Å². The highest BCUT2D eigenvalue weighted by molar-refractivity contribution is 7.91. The van der Waals surface area contributed by atoms with Crippen LogP contribution in [-0.2, 0) is 16.4 Å². The molecule has 0 bridgehead atoms. The molecule has 1 aliphatic rings. The Hall–Kier alpha value is -1.60. The van der Waals surface area contributed by atoms with Crippen LogP contribution in [0.15, 0.2) is 23.6 Å². The van der Waals surface area contributed by atoms with Crippen LogP contribution < -0.4 is 5.32 Å². The minimum Gasteiger partial charge on any atom is -0.348 e. The largest absolute Gasteiger partial charge is 0.348 e. The molecule has 0 aliphatic carbocycles. The van der Waals surface area contributed by atoms with Crippen molar-refractivity contribution in [2.45, 2.75) is 32.9 Å². The molecule has 0 aromatic carbocycles. The van der Waals surface area contributed by atoms with Crippen LogP contribution in [0.4, 0.5) is 0 Å². The molecule has 124 valence electrons. The summed E-state index contributed by atoms with van der Waals surface area (Å²) in [6, 6.07) is 5.70. The number of carbonyl (C=O) groups excluding carboxylic acids is 1. The normalized spacial score (nSPS) is 19.8. The molecule has 1 fully saturated rings. The Labute approximate surface area is 140 Å². The monoisotopic (exact) mass is 352 g/mol. The van der Waals surface area contributed by atoms with Gasteiger partial charge in [0.2, 0.25) is 0 Å². The van der Waals surface area contributed by atoms with Gasteiger partial charge < -0.3 is 9.88 Å². The summed E-state index contributed by atoms with van der Waals surface area (Å²) in [5.41, 5.74) is 2.57. The molecule has 5 nitrogen and oxygen atoms in total. The van der Waals surface area contributed by atoms with E-state index >= 15 is 0 Å². The van der Waals surface area contributed by atoms with Gasteiger partial charge in [0.25, 0.3) is 5.91 Å². The molecule has 1 aliphatic heterocycles. The van der Waals surface area contributed by atoms with E-state index in [1.54, 1.807) is 11.3 Å². The molecular formula is C16H20N2O3S2. The second-order valence-corrected chi connectivity index (χ2v) is 9.28. The standard InChI is InChI=1S/C16H20N2O3S2/c1-11-8-15(12(2)18(11)9-14-4-3-6-22-14)16(19)17-13-5-7-23(20,21)10-13/h3-4,6,8,13H,5,7,9-10H2,1-2H3,(H,17,19). The summed E-state index contributed by atoms with van der Waals surface area (Å²) >= 11 is 1.69. The predicted octanol–water partition coefficient (Wildman–Crippen LogP) is 2.13. The summed E-state index contributed by atoms with van der Waals surface area (Å²) < 4.78 is 25.1. The van der Waals surface area contributed by atoms with Crippen LogP contribution in [-0.4, -0.2) is 36.4 Å². The lowest BCUT2D eigenvalue weighted by Crippen LogP contribution is -2.35. The molecule has 23 heavy (non-hydrogen) atoms. The Balaban J connectivity index is 1.76. The number of amides is 1. The van der Waals surface area contributed by atoms with Crippen LogP contribution in [0.1, 0.15) is 33.0 Å². The number of thiophene rings is 1. The second-order valence-electron chi connectivity index (χ2n) is 6.02. The van der Waals surface area contributed by atoms with E-state index in [-0.39, 0.29) is 23.5 Å². The van der Waals surface area contributed by atoms with Crippen LogP contribution in [0.5, 0.6) is 0 Å². The summed E-state index contributed by atoms with van der Waals surface area (Å²) in [5.74, 6) is 0.0276. The van der Waals surface area contributed by atoms with Crippen molar-refractivity contribution in [1.29, 1.82) is 0 Å². The molecule has 2 aromatic rings.